The normalized spacial score (nSPS) is 15.7. The van der Waals surface area contributed by atoms with E-state index in [4.69, 9.17) is 5.11 Å². The first-order chi connectivity index (χ1) is 8.97. The molecular weight excluding hydrogens is 359 g/mol. The first-order valence-electron chi connectivity index (χ1n) is 6.04. The number of hydrogen-bond donors (Lipinski definition) is 3. The van der Waals surface area contributed by atoms with Gasteiger partial charge in [0.15, 0.2) is 0 Å². The summed E-state index contributed by atoms with van der Waals surface area (Å²) in [5, 5.41) is 14.2. The molecule has 0 saturated heterocycles. The van der Waals surface area contributed by atoms with Crippen molar-refractivity contribution >= 4 is 40.3 Å². The molecule has 0 spiro atoms. The fourth-order valence-corrected chi connectivity index (χ4v) is 2.31. The van der Waals surface area contributed by atoms with Gasteiger partial charge in [-0.25, -0.2) is 9.59 Å². The number of rotatable bonds is 4. The van der Waals surface area contributed by atoms with Crippen LogP contribution in [-0.2, 0) is 4.79 Å². The number of carbonyl (C=O) groups excluding carboxylic acids is 1. The second-order valence-electron chi connectivity index (χ2n) is 4.72. The summed E-state index contributed by atoms with van der Waals surface area (Å²) in [5.41, 5.74) is 1.79. The molecule has 3 N–H and O–H groups in total. The summed E-state index contributed by atoms with van der Waals surface area (Å²) in [6.45, 7) is 1.99. The fraction of sp³-hybridized carbons (Fsp3) is 0.385. The van der Waals surface area contributed by atoms with Gasteiger partial charge in [0.1, 0.15) is 6.04 Å². The van der Waals surface area contributed by atoms with E-state index in [-0.39, 0.29) is 5.92 Å². The number of urea groups is 1. The number of halogens is 1. The number of hydrogen-bond acceptors (Lipinski definition) is 2. The Morgan fingerprint density at radius 1 is 1.42 bits per heavy atom. The zero-order chi connectivity index (χ0) is 14.0. The van der Waals surface area contributed by atoms with Gasteiger partial charge in [-0.1, -0.05) is 6.07 Å². The molecule has 1 aromatic carbocycles. The van der Waals surface area contributed by atoms with Crippen LogP contribution in [0.15, 0.2) is 18.2 Å². The third-order valence-electron chi connectivity index (χ3n) is 3.08. The monoisotopic (exact) mass is 374 g/mol. The van der Waals surface area contributed by atoms with Gasteiger partial charge in [-0.15, -0.1) is 0 Å². The lowest BCUT2D eigenvalue weighted by atomic mass is 10.2. The average molecular weight is 374 g/mol. The summed E-state index contributed by atoms with van der Waals surface area (Å²) in [4.78, 5) is 22.8. The summed E-state index contributed by atoms with van der Waals surface area (Å²) in [5.74, 6) is -0.905. The number of amides is 2. The smallest absolute Gasteiger partial charge is 0.326 e. The van der Waals surface area contributed by atoms with Crippen molar-refractivity contribution < 1.29 is 14.7 Å². The molecule has 19 heavy (non-hydrogen) atoms. The van der Waals surface area contributed by atoms with Crippen LogP contribution in [0.25, 0.3) is 0 Å². The van der Waals surface area contributed by atoms with E-state index >= 15 is 0 Å². The van der Waals surface area contributed by atoms with Gasteiger partial charge < -0.3 is 15.7 Å². The maximum Gasteiger partial charge on any atom is 0.326 e. The van der Waals surface area contributed by atoms with Crippen LogP contribution in [0.2, 0.25) is 0 Å². The van der Waals surface area contributed by atoms with Crippen LogP contribution in [0.3, 0.4) is 0 Å². The number of carbonyl (C=O) groups is 2. The molecule has 5 nitrogen and oxygen atoms in total. The highest BCUT2D eigenvalue weighted by atomic mass is 127. The Balaban J connectivity index is 1.96. The molecule has 0 heterocycles. The van der Waals surface area contributed by atoms with E-state index in [2.05, 4.69) is 33.2 Å². The lowest BCUT2D eigenvalue weighted by Gasteiger charge is -2.14. The van der Waals surface area contributed by atoms with Gasteiger partial charge in [-0.2, -0.15) is 0 Å². The molecule has 0 radical (unpaired) electrons. The number of aliphatic carboxylic acids is 1. The van der Waals surface area contributed by atoms with Crippen LogP contribution in [0.5, 0.6) is 0 Å². The van der Waals surface area contributed by atoms with Gasteiger partial charge in [-0.3, -0.25) is 0 Å². The van der Waals surface area contributed by atoms with Gasteiger partial charge in [-0.05, 0) is 66.0 Å². The number of nitrogens with one attached hydrogen (secondary N) is 2. The van der Waals surface area contributed by atoms with E-state index < -0.39 is 18.0 Å². The Morgan fingerprint density at radius 2 is 2.11 bits per heavy atom. The van der Waals surface area contributed by atoms with Gasteiger partial charge >= 0.3 is 12.0 Å². The highest BCUT2D eigenvalue weighted by molar-refractivity contribution is 14.1. The summed E-state index contributed by atoms with van der Waals surface area (Å²) in [6.07, 6.45) is 1.72. The lowest BCUT2D eigenvalue weighted by Crippen LogP contribution is -2.44. The average Bonchev–Trinajstić information content (AvgIpc) is 3.14. The van der Waals surface area contributed by atoms with Crippen LogP contribution in [0, 0.1) is 16.4 Å². The Kier molecular flexibility index (Phi) is 4.28. The summed E-state index contributed by atoms with van der Waals surface area (Å²) < 4.78 is 1.05. The Hall–Kier alpha value is -1.31. The van der Waals surface area contributed by atoms with E-state index in [1.807, 2.05) is 19.1 Å². The number of benzene rings is 1. The van der Waals surface area contributed by atoms with Crippen molar-refractivity contribution in [3.8, 4) is 0 Å². The largest absolute Gasteiger partial charge is 0.480 e. The first-order valence-corrected chi connectivity index (χ1v) is 7.11. The molecule has 6 heteroatoms. The van der Waals surface area contributed by atoms with Crippen molar-refractivity contribution in [1.29, 1.82) is 0 Å². The van der Waals surface area contributed by atoms with Crippen LogP contribution in [0.4, 0.5) is 10.5 Å². The molecule has 102 valence electrons. The molecule has 1 saturated carbocycles. The topological polar surface area (TPSA) is 78.4 Å². The predicted molar refractivity (Wildman–Crippen MR) is 80.2 cm³/mol. The number of aryl methyl sites for hydroxylation is 1. The van der Waals surface area contributed by atoms with Crippen molar-refractivity contribution in [2.75, 3.05) is 5.32 Å². The fourth-order valence-electron chi connectivity index (χ4n) is 1.79. The van der Waals surface area contributed by atoms with E-state index in [1.54, 1.807) is 6.07 Å². The standard InChI is InChI=1S/C13H15IN2O3/c1-7-2-5-9(6-10(7)14)15-13(19)16-11(12(17)18)8-3-4-8/h2,5-6,8,11H,3-4H2,1H3,(H,17,18)(H2,15,16,19). The minimum Gasteiger partial charge on any atom is -0.480 e. The third kappa shape index (κ3) is 3.82. The highest BCUT2D eigenvalue weighted by Crippen LogP contribution is 2.32. The van der Waals surface area contributed by atoms with Crippen LogP contribution < -0.4 is 10.6 Å². The van der Waals surface area contributed by atoms with Crippen molar-refractivity contribution in [1.82, 2.24) is 5.32 Å². The summed E-state index contributed by atoms with van der Waals surface area (Å²) >= 11 is 2.19. The third-order valence-corrected chi connectivity index (χ3v) is 4.24. The van der Waals surface area contributed by atoms with E-state index in [0.717, 1.165) is 22.0 Å². The van der Waals surface area contributed by atoms with Gasteiger partial charge in [0.05, 0.1) is 0 Å². The predicted octanol–water partition coefficient (Wildman–Crippen LogP) is 2.58. The molecule has 0 aliphatic heterocycles. The van der Waals surface area contributed by atoms with Crippen LogP contribution >= 0.6 is 22.6 Å². The molecule has 1 atom stereocenters. The SMILES string of the molecule is Cc1ccc(NC(=O)NC(C(=O)O)C2CC2)cc1I. The number of carboxylic acids is 1. The maximum absolute atomic E-state index is 11.8. The van der Waals surface area contributed by atoms with Gasteiger partial charge in [0, 0.05) is 9.26 Å². The minimum absolute atomic E-state index is 0.0707. The van der Waals surface area contributed by atoms with Crippen LogP contribution in [-0.4, -0.2) is 23.1 Å². The minimum atomic E-state index is -0.976. The van der Waals surface area contributed by atoms with E-state index in [1.165, 1.54) is 0 Å². The molecule has 0 aromatic heterocycles. The molecule has 1 unspecified atom stereocenters. The molecular formula is C13H15IN2O3. The first kappa shape index (κ1) is 14.1. The summed E-state index contributed by atoms with van der Waals surface area (Å²) in [6, 6.07) is 4.29. The van der Waals surface area contributed by atoms with Crippen molar-refractivity contribution in [3.63, 3.8) is 0 Å². The summed E-state index contributed by atoms with van der Waals surface area (Å²) in [7, 11) is 0. The highest BCUT2D eigenvalue weighted by Gasteiger charge is 2.37. The molecule has 2 amide bonds. The quantitative estimate of drug-likeness (QED) is 0.709. The van der Waals surface area contributed by atoms with E-state index in [9.17, 15) is 9.59 Å². The van der Waals surface area contributed by atoms with Crippen LogP contribution in [0.1, 0.15) is 18.4 Å². The molecule has 1 aliphatic rings. The second kappa shape index (κ2) is 5.77. The van der Waals surface area contributed by atoms with Gasteiger partial charge in [0.2, 0.25) is 0 Å². The number of carboxylic acid groups (broad SMARTS) is 1. The van der Waals surface area contributed by atoms with Gasteiger partial charge in [0.25, 0.3) is 0 Å². The lowest BCUT2D eigenvalue weighted by molar-refractivity contribution is -0.139. The van der Waals surface area contributed by atoms with Crippen molar-refractivity contribution in [2.24, 2.45) is 5.92 Å². The van der Waals surface area contributed by atoms with E-state index in [0.29, 0.717) is 5.69 Å². The molecule has 1 aliphatic carbocycles. The Bertz CT molecular complexity index is 515. The second-order valence-corrected chi connectivity index (χ2v) is 5.88. The zero-order valence-electron chi connectivity index (χ0n) is 10.4. The zero-order valence-corrected chi connectivity index (χ0v) is 12.6. The molecule has 1 aromatic rings. The van der Waals surface area contributed by atoms with Crippen molar-refractivity contribution in [3.05, 3.63) is 27.3 Å². The molecule has 1 fully saturated rings. The molecule has 0 bridgehead atoms. The number of anilines is 1. The Labute approximate surface area is 124 Å². The maximum atomic E-state index is 11.8. The Morgan fingerprint density at radius 3 is 2.63 bits per heavy atom. The molecule has 2 rings (SSSR count). The van der Waals surface area contributed by atoms with Crippen molar-refractivity contribution in [2.45, 2.75) is 25.8 Å².